The first-order valence-electron chi connectivity index (χ1n) is 9.55. The van der Waals surface area contributed by atoms with E-state index in [-0.39, 0.29) is 5.56 Å². The van der Waals surface area contributed by atoms with Crippen molar-refractivity contribution in [1.82, 2.24) is 19.6 Å². The molecule has 6 nitrogen and oxygen atoms in total. The van der Waals surface area contributed by atoms with Crippen molar-refractivity contribution in [1.29, 1.82) is 0 Å². The number of hydrogen-bond acceptors (Lipinski definition) is 5. The van der Waals surface area contributed by atoms with E-state index in [1.54, 1.807) is 4.57 Å². The fourth-order valence-electron chi connectivity index (χ4n) is 4.30. The van der Waals surface area contributed by atoms with E-state index in [2.05, 4.69) is 10.1 Å². The maximum Gasteiger partial charge on any atom is 0.300 e. The maximum absolute atomic E-state index is 12.9. The molecule has 7 heteroatoms. The Morgan fingerprint density at radius 3 is 2.70 bits per heavy atom. The van der Waals surface area contributed by atoms with E-state index in [0.29, 0.717) is 30.1 Å². The summed E-state index contributed by atoms with van der Waals surface area (Å²) in [4.78, 5) is 20.0. The van der Waals surface area contributed by atoms with Crippen LogP contribution in [0.3, 0.4) is 0 Å². The molecule has 0 saturated heterocycles. The summed E-state index contributed by atoms with van der Waals surface area (Å²) in [7, 11) is 0. The molecule has 0 spiro atoms. The third kappa shape index (κ3) is 3.07. The van der Waals surface area contributed by atoms with E-state index in [1.165, 1.54) is 18.4 Å². The fraction of sp³-hybridized carbons (Fsp3) is 0.450. The molecule has 1 fully saturated rings. The molecule has 0 bridgehead atoms. The third-order valence-corrected chi connectivity index (χ3v) is 6.00. The third-order valence-electron chi connectivity index (χ3n) is 5.75. The van der Waals surface area contributed by atoms with Crippen LogP contribution in [0.4, 0.5) is 0 Å². The molecule has 2 aliphatic rings. The van der Waals surface area contributed by atoms with Crippen molar-refractivity contribution in [3.8, 4) is 0 Å². The van der Waals surface area contributed by atoms with Gasteiger partial charge in [-0.05, 0) is 30.5 Å². The number of halogens is 1. The van der Waals surface area contributed by atoms with Crippen molar-refractivity contribution < 1.29 is 4.52 Å². The van der Waals surface area contributed by atoms with Gasteiger partial charge in [0.15, 0.2) is 0 Å². The summed E-state index contributed by atoms with van der Waals surface area (Å²) in [6.45, 7) is 2.86. The molecule has 5 rings (SSSR count). The molecule has 1 aliphatic heterocycles. The van der Waals surface area contributed by atoms with Crippen LogP contribution in [0.2, 0.25) is 5.02 Å². The molecule has 2 aromatic heterocycles. The molecule has 0 radical (unpaired) electrons. The largest absolute Gasteiger partial charge is 0.348 e. The summed E-state index contributed by atoms with van der Waals surface area (Å²) < 4.78 is 7.16. The second-order valence-corrected chi connectivity index (χ2v) is 7.99. The van der Waals surface area contributed by atoms with Crippen LogP contribution in [-0.2, 0) is 19.6 Å². The summed E-state index contributed by atoms with van der Waals surface area (Å²) in [6, 6.07) is 7.90. The number of nitrogens with zero attached hydrogens (tertiary/aromatic N) is 4. The summed E-state index contributed by atoms with van der Waals surface area (Å²) in [5, 5.41) is 4.97. The van der Waals surface area contributed by atoms with Gasteiger partial charge < -0.3 is 4.52 Å². The summed E-state index contributed by atoms with van der Waals surface area (Å²) in [5.41, 5.74) is 2.96. The second-order valence-electron chi connectivity index (χ2n) is 7.55. The Labute approximate surface area is 161 Å². The van der Waals surface area contributed by atoms with E-state index in [1.807, 2.05) is 24.3 Å². The predicted octanol–water partition coefficient (Wildman–Crippen LogP) is 3.71. The number of fused-ring (bicyclic) bond motifs is 2. The van der Waals surface area contributed by atoms with Gasteiger partial charge in [-0.2, -0.15) is 0 Å². The van der Waals surface area contributed by atoms with Crippen molar-refractivity contribution in [2.24, 2.45) is 0 Å². The van der Waals surface area contributed by atoms with Crippen LogP contribution in [0.15, 0.2) is 33.6 Å². The minimum atomic E-state index is -0.0992. The minimum absolute atomic E-state index is 0.0992. The molecule has 0 N–H and O–H groups in total. The van der Waals surface area contributed by atoms with E-state index >= 15 is 0 Å². The van der Waals surface area contributed by atoms with Gasteiger partial charge in [0, 0.05) is 30.6 Å². The quantitative estimate of drug-likeness (QED) is 0.688. The van der Waals surface area contributed by atoms with Gasteiger partial charge >= 0.3 is 0 Å². The Bertz CT molecular complexity index is 1030. The van der Waals surface area contributed by atoms with Crippen LogP contribution in [-0.4, -0.2) is 26.2 Å². The van der Waals surface area contributed by atoms with Crippen molar-refractivity contribution >= 4 is 22.7 Å². The molecule has 3 heterocycles. The van der Waals surface area contributed by atoms with Crippen molar-refractivity contribution in [3.05, 3.63) is 56.7 Å². The molecule has 0 amide bonds. The molecule has 1 aromatic carbocycles. The Kier molecular flexibility index (Phi) is 4.25. The lowest BCUT2D eigenvalue weighted by Crippen LogP contribution is -2.39. The maximum atomic E-state index is 12.9. The Morgan fingerprint density at radius 1 is 1.15 bits per heavy atom. The van der Waals surface area contributed by atoms with Crippen LogP contribution in [0.25, 0.3) is 11.1 Å². The number of rotatable bonds is 3. The molecule has 3 aromatic rings. The summed E-state index contributed by atoms with van der Waals surface area (Å²) in [5.74, 6) is 1.17. The van der Waals surface area contributed by atoms with Gasteiger partial charge in [-0.1, -0.05) is 41.7 Å². The second kappa shape index (κ2) is 6.77. The zero-order valence-corrected chi connectivity index (χ0v) is 15.8. The van der Waals surface area contributed by atoms with Gasteiger partial charge in [-0.15, -0.1) is 0 Å². The van der Waals surface area contributed by atoms with Crippen LogP contribution in [0.5, 0.6) is 0 Å². The highest BCUT2D eigenvalue weighted by molar-refractivity contribution is 6.30. The van der Waals surface area contributed by atoms with Gasteiger partial charge in [0.05, 0.1) is 6.54 Å². The van der Waals surface area contributed by atoms with E-state index in [0.717, 1.165) is 42.5 Å². The number of aromatic nitrogens is 3. The predicted molar refractivity (Wildman–Crippen MR) is 103 cm³/mol. The average molecular weight is 385 g/mol. The molecule has 140 valence electrons. The zero-order chi connectivity index (χ0) is 18.4. The molecule has 0 atom stereocenters. The minimum Gasteiger partial charge on any atom is -0.348 e. The molecule has 1 saturated carbocycles. The number of benzene rings is 1. The zero-order valence-electron chi connectivity index (χ0n) is 15.0. The normalized spacial score (nSPS) is 18.3. The Morgan fingerprint density at radius 2 is 1.93 bits per heavy atom. The fourth-order valence-corrected chi connectivity index (χ4v) is 4.42. The smallest absolute Gasteiger partial charge is 0.300 e. The van der Waals surface area contributed by atoms with E-state index in [4.69, 9.17) is 21.1 Å². The van der Waals surface area contributed by atoms with Crippen molar-refractivity contribution in [2.75, 3.05) is 6.54 Å². The monoisotopic (exact) mass is 384 g/mol. The highest BCUT2D eigenvalue weighted by atomic mass is 35.5. The highest BCUT2D eigenvalue weighted by Crippen LogP contribution is 2.36. The van der Waals surface area contributed by atoms with Crippen molar-refractivity contribution in [3.63, 3.8) is 0 Å². The average Bonchev–Trinajstić information content (AvgIpc) is 3.33. The molecular formula is C20H21ClN4O2. The van der Waals surface area contributed by atoms with Gasteiger partial charge in [0.2, 0.25) is 0 Å². The van der Waals surface area contributed by atoms with E-state index < -0.39 is 0 Å². The number of hydrogen-bond donors (Lipinski definition) is 0. The van der Waals surface area contributed by atoms with Gasteiger partial charge in [0.25, 0.3) is 11.1 Å². The first-order chi connectivity index (χ1) is 13.2. The summed E-state index contributed by atoms with van der Waals surface area (Å²) in [6.07, 6.45) is 4.62. The molecular weight excluding hydrogens is 364 g/mol. The van der Waals surface area contributed by atoms with Crippen LogP contribution >= 0.6 is 11.6 Å². The SMILES string of the molecule is O=c1c2onc(C3CCCC3)c2nc2n1CCN(Cc1ccc(Cl)cc1)C2. The topological polar surface area (TPSA) is 64.2 Å². The Balaban J connectivity index is 1.47. The van der Waals surface area contributed by atoms with Gasteiger partial charge in [-0.3, -0.25) is 14.3 Å². The van der Waals surface area contributed by atoms with Crippen molar-refractivity contribution in [2.45, 2.75) is 51.2 Å². The first-order valence-corrected chi connectivity index (χ1v) is 9.92. The van der Waals surface area contributed by atoms with Gasteiger partial charge in [0.1, 0.15) is 17.0 Å². The van der Waals surface area contributed by atoms with Crippen LogP contribution in [0, 0.1) is 0 Å². The lowest BCUT2D eigenvalue weighted by molar-refractivity contribution is 0.204. The molecule has 0 unspecified atom stereocenters. The molecule has 27 heavy (non-hydrogen) atoms. The lowest BCUT2D eigenvalue weighted by Gasteiger charge is -2.28. The van der Waals surface area contributed by atoms with Crippen LogP contribution in [0.1, 0.15) is 48.7 Å². The Hall–Kier alpha value is -2.18. The van der Waals surface area contributed by atoms with Gasteiger partial charge in [-0.25, -0.2) is 4.98 Å². The summed E-state index contributed by atoms with van der Waals surface area (Å²) >= 11 is 5.98. The van der Waals surface area contributed by atoms with E-state index in [9.17, 15) is 4.79 Å². The highest BCUT2D eigenvalue weighted by Gasteiger charge is 2.28. The standard InChI is InChI=1S/C20H21ClN4O2/c21-15-7-5-13(6-8-15)11-24-9-10-25-16(12-24)22-18-17(14-3-1-2-4-14)23-27-19(18)20(25)26/h5-8,14H,1-4,9-12H2. The van der Waals surface area contributed by atoms with Crippen LogP contribution < -0.4 is 5.56 Å². The first kappa shape index (κ1) is 17.0. The molecule has 1 aliphatic carbocycles. The lowest BCUT2D eigenvalue weighted by atomic mass is 10.0.